The van der Waals surface area contributed by atoms with Gasteiger partial charge in [0.25, 0.3) is 5.91 Å². The zero-order valence-corrected chi connectivity index (χ0v) is 18.0. The summed E-state index contributed by atoms with van der Waals surface area (Å²) in [5.41, 5.74) is 8.23. The Morgan fingerprint density at radius 2 is 2.03 bits per heavy atom. The molecule has 0 unspecified atom stereocenters. The van der Waals surface area contributed by atoms with Gasteiger partial charge in [-0.1, -0.05) is 6.07 Å². The second kappa shape index (κ2) is 9.37. The molecule has 1 aromatic carbocycles. The standard InChI is InChI=1S/C24H30FN5O/c1-27-15-22(26)24(31)30(19-5-4-6-19)16-17-7-9-21(25)20(13-17)18-8-10-23(28-14-18)29-11-2-3-12-29/h7-10,13-15,19,27H,2-6,11-12,16,26H2,1H3/b22-15-. The zero-order chi connectivity index (χ0) is 21.8. The second-order valence-electron chi connectivity index (χ2n) is 8.32. The van der Waals surface area contributed by atoms with Gasteiger partial charge in [-0.25, -0.2) is 9.37 Å². The lowest BCUT2D eigenvalue weighted by Gasteiger charge is -2.37. The van der Waals surface area contributed by atoms with E-state index in [2.05, 4.69) is 15.2 Å². The van der Waals surface area contributed by atoms with E-state index in [1.807, 2.05) is 18.2 Å². The molecule has 2 fully saturated rings. The van der Waals surface area contributed by atoms with Crippen molar-refractivity contribution >= 4 is 11.7 Å². The molecular weight excluding hydrogens is 393 g/mol. The van der Waals surface area contributed by atoms with Gasteiger partial charge >= 0.3 is 0 Å². The van der Waals surface area contributed by atoms with Gasteiger partial charge in [0.2, 0.25) is 0 Å². The molecule has 2 heterocycles. The molecule has 1 aliphatic carbocycles. The van der Waals surface area contributed by atoms with Gasteiger partial charge in [-0.2, -0.15) is 0 Å². The summed E-state index contributed by atoms with van der Waals surface area (Å²) < 4.78 is 14.7. The van der Waals surface area contributed by atoms with Crippen LogP contribution in [0.1, 0.15) is 37.7 Å². The number of carbonyl (C=O) groups is 1. The Labute approximate surface area is 182 Å². The first-order valence-electron chi connectivity index (χ1n) is 11.0. The Balaban J connectivity index is 1.56. The van der Waals surface area contributed by atoms with Gasteiger partial charge in [0, 0.05) is 56.2 Å². The number of pyridine rings is 1. The fraction of sp³-hybridized carbons (Fsp3) is 0.417. The lowest BCUT2D eigenvalue weighted by Crippen LogP contribution is -2.45. The quantitative estimate of drug-likeness (QED) is 0.668. The first-order valence-corrected chi connectivity index (χ1v) is 11.0. The monoisotopic (exact) mass is 423 g/mol. The highest BCUT2D eigenvalue weighted by atomic mass is 19.1. The maximum absolute atomic E-state index is 14.7. The minimum atomic E-state index is -0.296. The average Bonchev–Trinajstić information content (AvgIpc) is 3.28. The van der Waals surface area contributed by atoms with Crippen molar-refractivity contribution in [3.63, 3.8) is 0 Å². The molecule has 1 saturated carbocycles. The minimum Gasteiger partial charge on any atom is -0.393 e. The molecule has 31 heavy (non-hydrogen) atoms. The summed E-state index contributed by atoms with van der Waals surface area (Å²) in [6.45, 7) is 2.44. The van der Waals surface area contributed by atoms with Gasteiger partial charge in [-0.05, 0) is 61.9 Å². The molecule has 164 valence electrons. The van der Waals surface area contributed by atoms with Crippen molar-refractivity contribution in [2.45, 2.75) is 44.7 Å². The molecular formula is C24H30FN5O. The number of aromatic nitrogens is 1. The summed E-state index contributed by atoms with van der Waals surface area (Å²) in [6, 6.07) is 9.08. The Morgan fingerprint density at radius 3 is 2.65 bits per heavy atom. The number of rotatable bonds is 7. The Hall–Kier alpha value is -3.09. The lowest BCUT2D eigenvalue weighted by molar-refractivity contribution is -0.131. The molecule has 2 aromatic rings. The average molecular weight is 424 g/mol. The van der Waals surface area contributed by atoms with Gasteiger partial charge in [-0.15, -0.1) is 0 Å². The molecule has 4 rings (SSSR count). The van der Waals surface area contributed by atoms with Crippen LogP contribution in [0.15, 0.2) is 48.4 Å². The zero-order valence-electron chi connectivity index (χ0n) is 18.0. The topological polar surface area (TPSA) is 74.5 Å². The SMILES string of the molecule is CN/C=C(\N)C(=O)N(Cc1ccc(F)c(-c2ccc(N3CCCC3)nc2)c1)C1CCC1. The smallest absolute Gasteiger partial charge is 0.271 e. The number of benzene rings is 1. The first kappa shape index (κ1) is 21.2. The first-order chi connectivity index (χ1) is 15.1. The van der Waals surface area contributed by atoms with E-state index in [4.69, 9.17) is 5.73 Å². The third-order valence-electron chi connectivity index (χ3n) is 6.20. The van der Waals surface area contributed by atoms with Crippen molar-refractivity contribution in [3.05, 3.63) is 59.8 Å². The molecule has 1 aromatic heterocycles. The summed E-state index contributed by atoms with van der Waals surface area (Å²) in [5.74, 6) is 0.448. The van der Waals surface area contributed by atoms with E-state index in [1.165, 1.54) is 25.1 Å². The van der Waals surface area contributed by atoms with Crippen molar-refractivity contribution in [1.29, 1.82) is 0 Å². The fourth-order valence-electron chi connectivity index (χ4n) is 4.22. The van der Waals surface area contributed by atoms with Crippen LogP contribution in [0.3, 0.4) is 0 Å². The molecule has 7 heteroatoms. The van der Waals surface area contributed by atoms with Gasteiger partial charge in [0.15, 0.2) is 0 Å². The van der Waals surface area contributed by atoms with Crippen molar-refractivity contribution in [1.82, 2.24) is 15.2 Å². The summed E-state index contributed by atoms with van der Waals surface area (Å²) in [5, 5.41) is 2.81. The van der Waals surface area contributed by atoms with Crippen molar-refractivity contribution in [2.24, 2.45) is 5.73 Å². The van der Waals surface area contributed by atoms with Crippen LogP contribution in [-0.2, 0) is 11.3 Å². The fourth-order valence-corrected chi connectivity index (χ4v) is 4.22. The number of hydrogen-bond donors (Lipinski definition) is 2. The number of halogens is 1. The van der Waals surface area contributed by atoms with E-state index in [0.29, 0.717) is 12.1 Å². The van der Waals surface area contributed by atoms with Crippen molar-refractivity contribution in [3.8, 4) is 11.1 Å². The molecule has 0 bridgehead atoms. The minimum absolute atomic E-state index is 0.172. The molecule has 3 N–H and O–H groups in total. The Bertz CT molecular complexity index is 949. The molecule has 1 aliphatic heterocycles. The van der Waals surface area contributed by atoms with E-state index in [-0.39, 0.29) is 23.5 Å². The number of hydrogen-bond acceptors (Lipinski definition) is 5. The van der Waals surface area contributed by atoms with Gasteiger partial charge < -0.3 is 20.9 Å². The second-order valence-corrected chi connectivity index (χ2v) is 8.32. The van der Waals surface area contributed by atoms with E-state index >= 15 is 0 Å². The van der Waals surface area contributed by atoms with E-state index in [0.717, 1.165) is 49.3 Å². The molecule has 1 amide bonds. The maximum atomic E-state index is 14.7. The van der Waals surface area contributed by atoms with Crippen LogP contribution >= 0.6 is 0 Å². The summed E-state index contributed by atoms with van der Waals surface area (Å²) in [4.78, 5) is 21.5. The predicted molar refractivity (Wildman–Crippen MR) is 121 cm³/mol. The molecule has 2 aliphatic rings. The summed E-state index contributed by atoms with van der Waals surface area (Å²) in [7, 11) is 1.71. The normalized spacial score (nSPS) is 16.8. The van der Waals surface area contributed by atoms with Gasteiger partial charge in [-0.3, -0.25) is 4.79 Å². The van der Waals surface area contributed by atoms with E-state index in [1.54, 1.807) is 24.2 Å². The van der Waals surface area contributed by atoms with Crippen LogP contribution in [0.2, 0.25) is 0 Å². The molecule has 0 atom stereocenters. The molecule has 1 saturated heterocycles. The van der Waals surface area contributed by atoms with Crippen LogP contribution in [0.5, 0.6) is 0 Å². The van der Waals surface area contributed by atoms with Crippen molar-refractivity contribution < 1.29 is 9.18 Å². The van der Waals surface area contributed by atoms with Crippen molar-refractivity contribution in [2.75, 3.05) is 25.0 Å². The number of nitrogens with zero attached hydrogens (tertiary/aromatic N) is 3. The number of carbonyl (C=O) groups excluding carboxylic acids is 1. The lowest BCUT2D eigenvalue weighted by atomic mass is 9.90. The summed E-state index contributed by atoms with van der Waals surface area (Å²) in [6.07, 6.45) is 8.65. The highest BCUT2D eigenvalue weighted by Crippen LogP contribution is 2.30. The number of nitrogens with one attached hydrogen (secondary N) is 1. The van der Waals surface area contributed by atoms with E-state index < -0.39 is 0 Å². The highest BCUT2D eigenvalue weighted by Gasteiger charge is 2.30. The third kappa shape index (κ3) is 4.65. The largest absolute Gasteiger partial charge is 0.393 e. The van der Waals surface area contributed by atoms with Crippen LogP contribution in [0.25, 0.3) is 11.1 Å². The Kier molecular flexibility index (Phi) is 6.39. The number of anilines is 1. The highest BCUT2D eigenvalue weighted by molar-refractivity contribution is 5.92. The molecule has 6 nitrogen and oxygen atoms in total. The Morgan fingerprint density at radius 1 is 1.26 bits per heavy atom. The molecule has 0 spiro atoms. The molecule has 0 radical (unpaired) electrons. The predicted octanol–water partition coefficient (Wildman–Crippen LogP) is 3.39. The van der Waals surface area contributed by atoms with Crippen LogP contribution in [0, 0.1) is 5.82 Å². The van der Waals surface area contributed by atoms with Gasteiger partial charge in [0.1, 0.15) is 17.3 Å². The number of nitrogens with two attached hydrogens (primary N) is 1. The number of amides is 1. The van der Waals surface area contributed by atoms with Crippen LogP contribution in [0.4, 0.5) is 10.2 Å². The van der Waals surface area contributed by atoms with Crippen LogP contribution < -0.4 is 16.0 Å². The van der Waals surface area contributed by atoms with E-state index in [9.17, 15) is 9.18 Å². The third-order valence-corrected chi connectivity index (χ3v) is 6.20. The van der Waals surface area contributed by atoms with Crippen LogP contribution in [-0.4, -0.2) is 42.0 Å². The summed E-state index contributed by atoms with van der Waals surface area (Å²) >= 11 is 0. The van der Waals surface area contributed by atoms with Gasteiger partial charge in [0.05, 0.1) is 0 Å². The maximum Gasteiger partial charge on any atom is 0.271 e.